The van der Waals surface area contributed by atoms with E-state index in [9.17, 15) is 0 Å². The van der Waals surface area contributed by atoms with Gasteiger partial charge in [0.1, 0.15) is 0 Å². The minimum atomic E-state index is 0.142. The van der Waals surface area contributed by atoms with Gasteiger partial charge in [0.25, 0.3) is 0 Å². The molecule has 0 fully saturated rings. The SMILES string of the molecule is C=CC(C)(C)C(C)(C)CCC(C)(C)CC(c1ccccc1)C(C)(C)CCC(C)(C)C(C)CC. The first-order chi connectivity index (χ1) is 14.9. The molecular formula is C33H58. The van der Waals surface area contributed by atoms with Crippen LogP contribution in [0.15, 0.2) is 43.0 Å². The van der Waals surface area contributed by atoms with Crippen molar-refractivity contribution in [1.29, 1.82) is 0 Å². The number of hydrogen-bond donors (Lipinski definition) is 0. The second-order valence-electron chi connectivity index (χ2n) is 14.4. The molecule has 0 amide bonds. The molecule has 2 atom stereocenters. The molecule has 33 heavy (non-hydrogen) atoms. The zero-order valence-corrected chi connectivity index (χ0v) is 24.6. The highest BCUT2D eigenvalue weighted by Gasteiger charge is 2.39. The van der Waals surface area contributed by atoms with Crippen molar-refractivity contribution in [2.75, 3.05) is 0 Å². The highest BCUT2D eigenvalue weighted by molar-refractivity contribution is 5.22. The van der Waals surface area contributed by atoms with Crippen LogP contribution in [0.1, 0.15) is 133 Å². The van der Waals surface area contributed by atoms with Crippen LogP contribution in [-0.4, -0.2) is 0 Å². The van der Waals surface area contributed by atoms with Crippen molar-refractivity contribution >= 4 is 0 Å². The molecule has 2 unspecified atom stereocenters. The Morgan fingerprint density at radius 1 is 0.758 bits per heavy atom. The summed E-state index contributed by atoms with van der Waals surface area (Å²) in [6, 6.07) is 11.3. The average molecular weight is 455 g/mol. The molecule has 0 aliphatic carbocycles. The molecule has 1 rings (SSSR count). The second kappa shape index (κ2) is 11.1. The summed E-state index contributed by atoms with van der Waals surface area (Å²) < 4.78 is 0. The van der Waals surface area contributed by atoms with Gasteiger partial charge >= 0.3 is 0 Å². The van der Waals surface area contributed by atoms with Crippen LogP contribution >= 0.6 is 0 Å². The lowest BCUT2D eigenvalue weighted by Crippen LogP contribution is -2.33. The molecule has 0 aliphatic rings. The number of benzene rings is 1. The van der Waals surface area contributed by atoms with Crippen molar-refractivity contribution in [3.05, 3.63) is 48.6 Å². The van der Waals surface area contributed by atoms with E-state index < -0.39 is 0 Å². The lowest BCUT2D eigenvalue weighted by atomic mass is 9.60. The van der Waals surface area contributed by atoms with E-state index in [1.807, 2.05) is 0 Å². The van der Waals surface area contributed by atoms with Crippen LogP contribution in [0.25, 0.3) is 0 Å². The van der Waals surface area contributed by atoms with E-state index in [0.29, 0.717) is 16.7 Å². The van der Waals surface area contributed by atoms with Crippen LogP contribution in [0.4, 0.5) is 0 Å². The van der Waals surface area contributed by atoms with E-state index in [2.05, 4.69) is 126 Å². The molecule has 0 bridgehead atoms. The summed E-state index contributed by atoms with van der Waals surface area (Å²) >= 11 is 0. The van der Waals surface area contributed by atoms with Gasteiger partial charge in [-0.25, -0.2) is 0 Å². The van der Waals surface area contributed by atoms with Gasteiger partial charge in [-0.2, -0.15) is 0 Å². The molecule has 1 aromatic rings. The maximum Gasteiger partial charge on any atom is -0.0106 e. The van der Waals surface area contributed by atoms with Crippen molar-refractivity contribution in [3.8, 4) is 0 Å². The molecule has 0 aromatic heterocycles. The third-order valence-corrected chi connectivity index (χ3v) is 9.94. The Bertz CT molecular complexity index is 714. The van der Waals surface area contributed by atoms with Gasteiger partial charge in [-0.15, -0.1) is 6.58 Å². The predicted octanol–water partition coefficient (Wildman–Crippen LogP) is 11.1. The maximum absolute atomic E-state index is 4.12. The molecule has 0 saturated carbocycles. The topological polar surface area (TPSA) is 0 Å². The molecule has 0 N–H and O–H groups in total. The third-order valence-electron chi connectivity index (χ3n) is 9.94. The highest BCUT2D eigenvalue weighted by Crippen LogP contribution is 2.51. The largest absolute Gasteiger partial charge is 0.103 e. The predicted molar refractivity (Wildman–Crippen MR) is 151 cm³/mol. The molecule has 0 nitrogen and oxygen atoms in total. The van der Waals surface area contributed by atoms with Crippen LogP contribution in [0, 0.1) is 33.0 Å². The molecule has 0 heteroatoms. The van der Waals surface area contributed by atoms with Crippen molar-refractivity contribution in [1.82, 2.24) is 0 Å². The lowest BCUT2D eigenvalue weighted by Gasteiger charge is -2.44. The summed E-state index contributed by atoms with van der Waals surface area (Å²) in [7, 11) is 0. The fourth-order valence-electron chi connectivity index (χ4n) is 5.05. The summed E-state index contributed by atoms with van der Waals surface area (Å²) in [6.45, 7) is 33.4. The van der Waals surface area contributed by atoms with Gasteiger partial charge in [-0.1, -0.05) is 126 Å². The van der Waals surface area contributed by atoms with Gasteiger partial charge in [0.2, 0.25) is 0 Å². The first-order valence-electron chi connectivity index (χ1n) is 13.6. The monoisotopic (exact) mass is 454 g/mol. The van der Waals surface area contributed by atoms with Gasteiger partial charge in [0.15, 0.2) is 0 Å². The summed E-state index contributed by atoms with van der Waals surface area (Å²) in [5.41, 5.74) is 2.84. The maximum atomic E-state index is 4.12. The van der Waals surface area contributed by atoms with Crippen LogP contribution in [0.3, 0.4) is 0 Å². The Kier molecular flexibility index (Phi) is 10.1. The van der Waals surface area contributed by atoms with Gasteiger partial charge in [0, 0.05) is 0 Å². The van der Waals surface area contributed by atoms with Crippen molar-refractivity contribution < 1.29 is 0 Å². The van der Waals surface area contributed by atoms with E-state index in [0.717, 1.165) is 5.92 Å². The quantitative estimate of drug-likeness (QED) is 0.245. The van der Waals surface area contributed by atoms with Crippen LogP contribution < -0.4 is 0 Å². The smallest absolute Gasteiger partial charge is 0.0106 e. The van der Waals surface area contributed by atoms with Gasteiger partial charge in [-0.3, -0.25) is 0 Å². The van der Waals surface area contributed by atoms with Crippen molar-refractivity contribution in [3.63, 3.8) is 0 Å². The van der Waals surface area contributed by atoms with E-state index in [1.54, 1.807) is 0 Å². The highest BCUT2D eigenvalue weighted by atomic mass is 14.4. The summed E-state index contributed by atoms with van der Waals surface area (Å²) in [4.78, 5) is 0. The zero-order valence-electron chi connectivity index (χ0n) is 24.6. The van der Waals surface area contributed by atoms with Crippen LogP contribution in [0.5, 0.6) is 0 Å². The lowest BCUT2D eigenvalue weighted by molar-refractivity contribution is 0.101. The number of rotatable bonds is 14. The Morgan fingerprint density at radius 3 is 1.76 bits per heavy atom. The van der Waals surface area contributed by atoms with Crippen LogP contribution in [-0.2, 0) is 0 Å². The minimum absolute atomic E-state index is 0.142. The minimum Gasteiger partial charge on any atom is -0.103 e. The second-order valence-corrected chi connectivity index (χ2v) is 14.4. The Morgan fingerprint density at radius 2 is 1.27 bits per heavy atom. The van der Waals surface area contributed by atoms with Crippen LogP contribution in [0.2, 0.25) is 0 Å². The van der Waals surface area contributed by atoms with E-state index in [1.165, 1.54) is 44.1 Å². The van der Waals surface area contributed by atoms with Gasteiger partial charge < -0.3 is 0 Å². The van der Waals surface area contributed by atoms with Gasteiger partial charge in [0.05, 0.1) is 0 Å². The Balaban J connectivity index is 3.11. The molecule has 0 heterocycles. The van der Waals surface area contributed by atoms with Crippen molar-refractivity contribution in [2.45, 2.75) is 128 Å². The molecule has 0 radical (unpaired) electrons. The molecule has 190 valence electrons. The first kappa shape index (κ1) is 30.0. The van der Waals surface area contributed by atoms with E-state index in [4.69, 9.17) is 0 Å². The summed E-state index contributed by atoms with van der Waals surface area (Å²) in [6.07, 6.45) is 9.68. The Hall–Kier alpha value is -1.04. The molecule has 0 spiro atoms. The first-order valence-corrected chi connectivity index (χ1v) is 13.6. The fourth-order valence-corrected chi connectivity index (χ4v) is 5.05. The average Bonchev–Trinajstić information content (AvgIpc) is 2.74. The number of hydrogen-bond acceptors (Lipinski definition) is 0. The number of allylic oxidation sites excluding steroid dienone is 1. The summed E-state index contributed by atoms with van der Waals surface area (Å²) in [5, 5.41) is 0. The molecule has 1 aromatic carbocycles. The molecule has 0 aliphatic heterocycles. The molecule has 0 saturated heterocycles. The normalized spacial score (nSPS) is 15.9. The van der Waals surface area contributed by atoms with E-state index in [-0.39, 0.29) is 16.2 Å². The van der Waals surface area contributed by atoms with Crippen molar-refractivity contribution in [2.24, 2.45) is 33.0 Å². The third kappa shape index (κ3) is 8.29. The fraction of sp³-hybridized carbons (Fsp3) is 0.758. The summed E-state index contributed by atoms with van der Waals surface area (Å²) in [5.74, 6) is 1.33. The zero-order chi connectivity index (χ0) is 25.7. The molecular weight excluding hydrogens is 396 g/mol. The standard InChI is InChI=1S/C33H58/c1-14-26(3)30(6,7)22-23-31(8,9)28(27-19-17-16-18-20-27)25-29(4,5)21-24-33(12,13)32(10,11)15-2/h15-20,26,28H,2,14,21-25H2,1,3-13H3. The Labute approximate surface area is 209 Å². The van der Waals surface area contributed by atoms with E-state index >= 15 is 0 Å². The van der Waals surface area contributed by atoms with Gasteiger partial charge in [-0.05, 0) is 76.6 Å².